The third-order valence-electron chi connectivity index (χ3n) is 5.10. The van der Waals surface area contributed by atoms with Gasteiger partial charge in [0.1, 0.15) is 5.82 Å². The first-order chi connectivity index (χ1) is 13.2. The standard InChI is InChI=1S/C20H20BrFN2O2S2/c1-12-3-4-13(2)18(7-12)24-19-11-28(25,26)10-17(19)23-20(24)27-9-14-5-6-15(21)8-16(14)22/h3-8,17,19H,9-11H2,1-2H3/t17-,19-/m0/s1. The van der Waals surface area contributed by atoms with Gasteiger partial charge in [0.2, 0.25) is 0 Å². The number of thioether (sulfide) groups is 1. The summed E-state index contributed by atoms with van der Waals surface area (Å²) in [6.07, 6.45) is 0. The lowest BCUT2D eigenvalue weighted by Gasteiger charge is -2.28. The molecular formula is C20H20BrFN2O2S2. The lowest BCUT2D eigenvalue weighted by Crippen LogP contribution is -2.39. The van der Waals surface area contributed by atoms with Crippen LogP contribution in [0.25, 0.3) is 0 Å². The fourth-order valence-electron chi connectivity index (χ4n) is 3.67. The van der Waals surface area contributed by atoms with E-state index in [1.54, 1.807) is 6.07 Å². The molecule has 0 amide bonds. The van der Waals surface area contributed by atoms with Gasteiger partial charge in [0, 0.05) is 15.9 Å². The summed E-state index contributed by atoms with van der Waals surface area (Å²) in [6.45, 7) is 4.03. The van der Waals surface area contributed by atoms with Gasteiger partial charge in [0.15, 0.2) is 15.0 Å². The molecule has 0 aliphatic carbocycles. The van der Waals surface area contributed by atoms with Gasteiger partial charge in [0.05, 0.1) is 23.6 Å². The van der Waals surface area contributed by atoms with Gasteiger partial charge >= 0.3 is 0 Å². The molecule has 28 heavy (non-hydrogen) atoms. The molecule has 0 unspecified atom stereocenters. The minimum atomic E-state index is -3.09. The number of benzene rings is 2. The van der Waals surface area contributed by atoms with Crippen LogP contribution in [0.4, 0.5) is 10.1 Å². The van der Waals surface area contributed by atoms with Crippen molar-refractivity contribution in [1.82, 2.24) is 0 Å². The highest BCUT2D eigenvalue weighted by molar-refractivity contribution is 9.10. The smallest absolute Gasteiger partial charge is 0.164 e. The number of amidine groups is 1. The van der Waals surface area contributed by atoms with Crippen LogP contribution in [-0.2, 0) is 15.6 Å². The Morgan fingerprint density at radius 2 is 2.00 bits per heavy atom. The minimum absolute atomic E-state index is 0.0791. The summed E-state index contributed by atoms with van der Waals surface area (Å²) in [6, 6.07) is 10.7. The summed E-state index contributed by atoms with van der Waals surface area (Å²) in [5.74, 6) is 0.355. The summed E-state index contributed by atoms with van der Waals surface area (Å²) in [5, 5.41) is 0.765. The molecule has 0 bridgehead atoms. The minimum Gasteiger partial charge on any atom is -0.315 e. The molecule has 4 nitrogen and oxygen atoms in total. The molecule has 0 spiro atoms. The van der Waals surface area contributed by atoms with E-state index in [-0.39, 0.29) is 29.4 Å². The van der Waals surface area contributed by atoms with Gasteiger partial charge in [-0.2, -0.15) is 0 Å². The predicted octanol–water partition coefficient (Wildman–Crippen LogP) is 4.48. The van der Waals surface area contributed by atoms with Crippen LogP contribution >= 0.6 is 27.7 Å². The van der Waals surface area contributed by atoms with Crippen LogP contribution in [0.1, 0.15) is 16.7 Å². The van der Waals surface area contributed by atoms with Crippen LogP contribution in [-0.4, -0.2) is 37.2 Å². The van der Waals surface area contributed by atoms with E-state index in [4.69, 9.17) is 4.99 Å². The average molecular weight is 483 g/mol. The Balaban J connectivity index is 1.66. The zero-order valence-corrected chi connectivity index (χ0v) is 18.7. The highest BCUT2D eigenvalue weighted by atomic mass is 79.9. The van der Waals surface area contributed by atoms with Gasteiger partial charge in [-0.1, -0.05) is 45.9 Å². The summed E-state index contributed by atoms with van der Waals surface area (Å²) in [4.78, 5) is 6.79. The van der Waals surface area contributed by atoms with Crippen molar-refractivity contribution in [2.45, 2.75) is 31.7 Å². The van der Waals surface area contributed by atoms with Gasteiger partial charge in [-0.3, -0.25) is 4.99 Å². The molecule has 0 saturated carbocycles. The Morgan fingerprint density at radius 3 is 2.75 bits per heavy atom. The van der Waals surface area contributed by atoms with E-state index in [1.165, 1.54) is 17.8 Å². The molecule has 2 heterocycles. The number of nitrogens with zero attached hydrogens (tertiary/aromatic N) is 2. The van der Waals surface area contributed by atoms with Gasteiger partial charge < -0.3 is 4.90 Å². The quantitative estimate of drug-likeness (QED) is 0.646. The Morgan fingerprint density at radius 1 is 1.21 bits per heavy atom. The second-order valence-corrected chi connectivity index (χ2v) is 11.3. The molecule has 1 saturated heterocycles. The second-order valence-electron chi connectivity index (χ2n) is 7.31. The van der Waals surface area contributed by atoms with E-state index in [2.05, 4.69) is 26.9 Å². The zero-order chi connectivity index (χ0) is 20.1. The third kappa shape index (κ3) is 3.86. The summed E-state index contributed by atoms with van der Waals surface area (Å²) >= 11 is 4.73. The lowest BCUT2D eigenvalue weighted by atomic mass is 10.1. The fraction of sp³-hybridized carbons (Fsp3) is 0.350. The van der Waals surface area contributed by atoms with Crippen molar-refractivity contribution in [3.05, 3.63) is 63.4 Å². The number of sulfone groups is 1. The molecule has 2 aromatic carbocycles. The van der Waals surface area contributed by atoms with Crippen LogP contribution in [0, 0.1) is 19.7 Å². The van der Waals surface area contributed by atoms with Gasteiger partial charge in [-0.25, -0.2) is 12.8 Å². The third-order valence-corrected chi connectivity index (χ3v) is 8.31. The van der Waals surface area contributed by atoms with Crippen LogP contribution in [0.5, 0.6) is 0 Å². The number of fused-ring (bicyclic) bond motifs is 1. The van der Waals surface area contributed by atoms with E-state index in [9.17, 15) is 12.8 Å². The monoisotopic (exact) mass is 482 g/mol. The molecule has 8 heteroatoms. The van der Waals surface area contributed by atoms with E-state index in [1.807, 2.05) is 32.0 Å². The number of halogens is 2. The van der Waals surface area contributed by atoms with Crippen molar-refractivity contribution in [3.63, 3.8) is 0 Å². The largest absolute Gasteiger partial charge is 0.315 e. The highest BCUT2D eigenvalue weighted by Gasteiger charge is 2.47. The maximum Gasteiger partial charge on any atom is 0.164 e. The van der Waals surface area contributed by atoms with Crippen molar-refractivity contribution in [1.29, 1.82) is 0 Å². The average Bonchev–Trinajstić information content (AvgIpc) is 3.07. The van der Waals surface area contributed by atoms with Gasteiger partial charge in [0.25, 0.3) is 0 Å². The van der Waals surface area contributed by atoms with E-state index in [0.29, 0.717) is 15.8 Å². The number of aryl methyl sites for hydroxylation is 2. The van der Waals surface area contributed by atoms with Crippen LogP contribution in [0.15, 0.2) is 45.9 Å². The molecule has 0 radical (unpaired) electrons. The first kappa shape index (κ1) is 19.9. The normalized spacial score (nSPS) is 23.0. The summed E-state index contributed by atoms with van der Waals surface area (Å²) in [7, 11) is -3.09. The Bertz CT molecular complexity index is 1070. The zero-order valence-electron chi connectivity index (χ0n) is 15.5. The van der Waals surface area contributed by atoms with E-state index >= 15 is 0 Å². The topological polar surface area (TPSA) is 49.7 Å². The molecule has 2 aliphatic heterocycles. The molecule has 2 aliphatic rings. The van der Waals surface area contributed by atoms with Crippen molar-refractivity contribution in [3.8, 4) is 0 Å². The van der Waals surface area contributed by atoms with Crippen LogP contribution in [0.3, 0.4) is 0 Å². The highest BCUT2D eigenvalue weighted by Crippen LogP contribution is 2.37. The first-order valence-corrected chi connectivity index (χ1v) is 12.5. The maximum atomic E-state index is 14.2. The van der Waals surface area contributed by atoms with Gasteiger partial charge in [-0.05, 0) is 48.7 Å². The Kier molecular flexibility index (Phi) is 5.31. The number of aliphatic imine (C=N–C) groups is 1. The molecule has 0 N–H and O–H groups in total. The lowest BCUT2D eigenvalue weighted by molar-refractivity contribution is 0.601. The van der Waals surface area contributed by atoms with Crippen molar-refractivity contribution < 1.29 is 12.8 Å². The van der Waals surface area contributed by atoms with Crippen molar-refractivity contribution in [2.24, 2.45) is 4.99 Å². The summed E-state index contributed by atoms with van der Waals surface area (Å²) < 4.78 is 39.3. The number of anilines is 1. The number of hydrogen-bond donors (Lipinski definition) is 0. The van der Waals surface area contributed by atoms with E-state index < -0.39 is 9.84 Å². The molecular weight excluding hydrogens is 463 g/mol. The van der Waals surface area contributed by atoms with Crippen LogP contribution in [0.2, 0.25) is 0 Å². The molecule has 148 valence electrons. The summed E-state index contributed by atoms with van der Waals surface area (Å²) in [5.41, 5.74) is 3.75. The molecule has 0 aromatic heterocycles. The van der Waals surface area contributed by atoms with Crippen LogP contribution < -0.4 is 4.90 Å². The second kappa shape index (κ2) is 7.46. The molecule has 4 rings (SSSR count). The van der Waals surface area contributed by atoms with Crippen molar-refractivity contribution >= 4 is 48.4 Å². The van der Waals surface area contributed by atoms with Gasteiger partial charge in [-0.15, -0.1) is 0 Å². The number of hydrogen-bond acceptors (Lipinski definition) is 5. The molecule has 1 fully saturated rings. The molecule has 2 aromatic rings. The number of rotatable bonds is 3. The fourth-order valence-corrected chi connectivity index (χ4v) is 6.95. The Labute approximate surface area is 177 Å². The molecule has 2 atom stereocenters. The SMILES string of the molecule is Cc1ccc(C)c(N2C(SCc3ccc(Br)cc3F)=N[C@H]3CS(=O)(=O)C[C@@H]32)c1. The maximum absolute atomic E-state index is 14.2. The van der Waals surface area contributed by atoms with E-state index in [0.717, 1.165) is 22.0 Å². The first-order valence-electron chi connectivity index (χ1n) is 8.95. The van der Waals surface area contributed by atoms with Crippen molar-refractivity contribution in [2.75, 3.05) is 16.4 Å². The Hall–Kier alpha value is -1.38. The predicted molar refractivity (Wildman–Crippen MR) is 117 cm³/mol.